The molecule has 3 rings (SSSR count). The summed E-state index contributed by atoms with van der Waals surface area (Å²) >= 11 is 2.34. The van der Waals surface area contributed by atoms with Crippen LogP contribution in [0, 0.1) is 3.57 Å². The Balaban J connectivity index is 2.03. The average Bonchev–Trinajstić information content (AvgIpc) is 2.50. The molecule has 1 unspecified atom stereocenters. The molecule has 0 aliphatic carbocycles. The van der Waals surface area contributed by atoms with Gasteiger partial charge in [-0.25, -0.2) is 0 Å². The van der Waals surface area contributed by atoms with Crippen molar-refractivity contribution in [2.45, 2.75) is 18.9 Å². The molecule has 3 heteroatoms. The number of para-hydroxylation sites is 1. The Kier molecular flexibility index (Phi) is 4.27. The first-order chi connectivity index (χ1) is 9.79. The third kappa shape index (κ3) is 2.69. The van der Waals surface area contributed by atoms with Crippen molar-refractivity contribution in [1.29, 1.82) is 0 Å². The van der Waals surface area contributed by atoms with Gasteiger partial charge in [-0.1, -0.05) is 30.3 Å². The van der Waals surface area contributed by atoms with Crippen molar-refractivity contribution in [3.05, 3.63) is 62.7 Å². The summed E-state index contributed by atoms with van der Waals surface area (Å²) in [4.78, 5) is 0. The van der Waals surface area contributed by atoms with Crippen molar-refractivity contribution >= 4 is 22.6 Å². The number of ether oxygens (including phenoxy) is 1. The van der Waals surface area contributed by atoms with Gasteiger partial charge in [-0.05, 0) is 65.7 Å². The Hall–Kier alpha value is -1.07. The first-order valence-corrected chi connectivity index (χ1v) is 8.05. The molecule has 20 heavy (non-hydrogen) atoms. The second-order valence-electron chi connectivity index (χ2n) is 5.06. The van der Waals surface area contributed by atoms with E-state index in [0.717, 1.165) is 25.2 Å². The lowest BCUT2D eigenvalue weighted by Crippen LogP contribution is -2.20. The molecule has 1 aliphatic rings. The SMILES string of the molecule is CNC(c1ccc(I)cc1)c1cccc2c1OCCC2. The van der Waals surface area contributed by atoms with Gasteiger partial charge in [0.2, 0.25) is 0 Å². The minimum absolute atomic E-state index is 0.181. The third-order valence-electron chi connectivity index (χ3n) is 3.77. The largest absolute Gasteiger partial charge is 0.493 e. The number of hydrogen-bond acceptors (Lipinski definition) is 2. The monoisotopic (exact) mass is 379 g/mol. The van der Waals surface area contributed by atoms with Crippen LogP contribution in [0.5, 0.6) is 5.75 Å². The van der Waals surface area contributed by atoms with Gasteiger partial charge in [-0.15, -0.1) is 0 Å². The van der Waals surface area contributed by atoms with Crippen LogP contribution in [0.2, 0.25) is 0 Å². The summed E-state index contributed by atoms with van der Waals surface area (Å²) < 4.78 is 7.20. The molecule has 1 heterocycles. The lowest BCUT2D eigenvalue weighted by atomic mass is 9.94. The molecule has 0 amide bonds. The van der Waals surface area contributed by atoms with E-state index in [4.69, 9.17) is 4.74 Å². The van der Waals surface area contributed by atoms with E-state index >= 15 is 0 Å². The Bertz CT molecular complexity index is 594. The highest BCUT2D eigenvalue weighted by Gasteiger charge is 2.21. The number of fused-ring (bicyclic) bond motifs is 1. The summed E-state index contributed by atoms with van der Waals surface area (Å²) in [6.45, 7) is 0.827. The smallest absolute Gasteiger partial charge is 0.127 e. The van der Waals surface area contributed by atoms with Crippen LogP contribution < -0.4 is 10.1 Å². The maximum Gasteiger partial charge on any atom is 0.127 e. The van der Waals surface area contributed by atoms with Crippen LogP contribution in [0.1, 0.15) is 29.2 Å². The lowest BCUT2D eigenvalue weighted by Gasteiger charge is -2.25. The molecule has 2 nitrogen and oxygen atoms in total. The standard InChI is InChI=1S/C17H18INO/c1-19-16(12-7-9-14(18)10-8-12)15-6-2-4-13-5-3-11-20-17(13)15/h2,4,6-10,16,19H,3,5,11H2,1H3. The van der Waals surface area contributed by atoms with Gasteiger partial charge in [0, 0.05) is 9.13 Å². The summed E-state index contributed by atoms with van der Waals surface area (Å²) in [6, 6.07) is 15.3. The minimum atomic E-state index is 0.181. The fourth-order valence-corrected chi connectivity index (χ4v) is 3.16. The maximum atomic E-state index is 5.94. The fraction of sp³-hybridized carbons (Fsp3) is 0.294. The van der Waals surface area contributed by atoms with Gasteiger partial charge in [0.15, 0.2) is 0 Å². The van der Waals surface area contributed by atoms with E-state index in [1.165, 1.54) is 20.3 Å². The molecule has 0 bridgehead atoms. The van der Waals surface area contributed by atoms with Crippen LogP contribution in [0.4, 0.5) is 0 Å². The van der Waals surface area contributed by atoms with Crippen LogP contribution in [-0.4, -0.2) is 13.7 Å². The number of rotatable bonds is 3. The van der Waals surface area contributed by atoms with Crippen LogP contribution in [0.15, 0.2) is 42.5 Å². The fourth-order valence-electron chi connectivity index (χ4n) is 2.80. The summed E-state index contributed by atoms with van der Waals surface area (Å²) in [5.41, 5.74) is 3.85. The topological polar surface area (TPSA) is 21.3 Å². The highest BCUT2D eigenvalue weighted by molar-refractivity contribution is 14.1. The molecule has 1 aliphatic heterocycles. The zero-order chi connectivity index (χ0) is 13.9. The van der Waals surface area contributed by atoms with Crippen molar-refractivity contribution in [1.82, 2.24) is 5.32 Å². The van der Waals surface area contributed by atoms with Gasteiger partial charge < -0.3 is 10.1 Å². The second-order valence-corrected chi connectivity index (χ2v) is 6.31. The predicted octanol–water partition coefficient (Wildman–Crippen LogP) is 3.93. The van der Waals surface area contributed by atoms with Crippen LogP contribution in [0.25, 0.3) is 0 Å². The zero-order valence-corrected chi connectivity index (χ0v) is 13.7. The minimum Gasteiger partial charge on any atom is -0.493 e. The third-order valence-corrected chi connectivity index (χ3v) is 4.49. The lowest BCUT2D eigenvalue weighted by molar-refractivity contribution is 0.283. The molecule has 2 aromatic carbocycles. The normalized spacial score (nSPS) is 15.3. The zero-order valence-electron chi connectivity index (χ0n) is 11.5. The first-order valence-electron chi connectivity index (χ1n) is 6.97. The van der Waals surface area contributed by atoms with E-state index < -0.39 is 0 Å². The molecular formula is C17H18INO. The van der Waals surface area contributed by atoms with E-state index in [9.17, 15) is 0 Å². The van der Waals surface area contributed by atoms with Gasteiger partial charge in [-0.2, -0.15) is 0 Å². The van der Waals surface area contributed by atoms with Crippen LogP contribution >= 0.6 is 22.6 Å². The summed E-state index contributed by atoms with van der Waals surface area (Å²) in [6.07, 6.45) is 2.23. The van der Waals surface area contributed by atoms with Crippen molar-refractivity contribution in [2.24, 2.45) is 0 Å². The summed E-state index contributed by atoms with van der Waals surface area (Å²) in [7, 11) is 2.00. The molecule has 1 atom stereocenters. The Morgan fingerprint density at radius 1 is 1.15 bits per heavy atom. The summed E-state index contributed by atoms with van der Waals surface area (Å²) in [5, 5.41) is 3.42. The van der Waals surface area contributed by atoms with Gasteiger partial charge in [0.25, 0.3) is 0 Å². The number of hydrogen-bond donors (Lipinski definition) is 1. The van der Waals surface area contributed by atoms with E-state index in [2.05, 4.69) is 70.4 Å². The molecule has 0 fully saturated rings. The Labute approximate surface area is 133 Å². The molecule has 1 N–H and O–H groups in total. The van der Waals surface area contributed by atoms with Crippen molar-refractivity contribution in [3.8, 4) is 5.75 Å². The first kappa shape index (κ1) is 13.9. The maximum absolute atomic E-state index is 5.94. The number of aryl methyl sites for hydroxylation is 1. The molecule has 0 aromatic heterocycles. The quantitative estimate of drug-likeness (QED) is 0.817. The predicted molar refractivity (Wildman–Crippen MR) is 90.3 cm³/mol. The molecule has 0 spiro atoms. The van der Waals surface area contributed by atoms with Crippen molar-refractivity contribution < 1.29 is 4.74 Å². The molecular weight excluding hydrogens is 361 g/mol. The van der Waals surface area contributed by atoms with Gasteiger partial charge in [0.1, 0.15) is 5.75 Å². The average molecular weight is 379 g/mol. The highest BCUT2D eigenvalue weighted by atomic mass is 127. The van der Waals surface area contributed by atoms with E-state index in [-0.39, 0.29) is 6.04 Å². The molecule has 104 valence electrons. The van der Waals surface area contributed by atoms with Gasteiger partial charge in [-0.3, -0.25) is 0 Å². The van der Waals surface area contributed by atoms with Crippen molar-refractivity contribution in [3.63, 3.8) is 0 Å². The number of benzene rings is 2. The molecule has 0 saturated carbocycles. The summed E-state index contributed by atoms with van der Waals surface area (Å²) in [5.74, 6) is 1.08. The van der Waals surface area contributed by atoms with E-state index in [1.807, 2.05) is 7.05 Å². The Morgan fingerprint density at radius 3 is 2.70 bits per heavy atom. The second kappa shape index (κ2) is 6.14. The van der Waals surface area contributed by atoms with Gasteiger partial charge in [0.05, 0.1) is 12.6 Å². The Morgan fingerprint density at radius 2 is 1.95 bits per heavy atom. The molecule has 0 radical (unpaired) electrons. The van der Waals surface area contributed by atoms with E-state index in [1.54, 1.807) is 0 Å². The van der Waals surface area contributed by atoms with Crippen LogP contribution in [0.3, 0.4) is 0 Å². The van der Waals surface area contributed by atoms with E-state index in [0.29, 0.717) is 0 Å². The number of nitrogens with one attached hydrogen (secondary N) is 1. The molecule has 2 aromatic rings. The number of halogens is 1. The van der Waals surface area contributed by atoms with Gasteiger partial charge >= 0.3 is 0 Å². The molecule has 0 saturated heterocycles. The van der Waals surface area contributed by atoms with Crippen LogP contribution in [-0.2, 0) is 6.42 Å². The highest BCUT2D eigenvalue weighted by Crippen LogP contribution is 2.35. The van der Waals surface area contributed by atoms with Crippen molar-refractivity contribution in [2.75, 3.05) is 13.7 Å².